The highest BCUT2D eigenvalue weighted by atomic mass is 35.5. The molecule has 1 N–H and O–H groups in total. The molecule has 5 nitrogen and oxygen atoms in total. The molecule has 0 bridgehead atoms. The molecule has 7 heteroatoms. The van der Waals surface area contributed by atoms with Crippen LogP contribution in [0.1, 0.15) is 23.2 Å². The maximum absolute atomic E-state index is 13.2. The van der Waals surface area contributed by atoms with Gasteiger partial charge < -0.3 is 5.32 Å². The Morgan fingerprint density at radius 3 is 2.62 bits per heavy atom. The van der Waals surface area contributed by atoms with Crippen molar-refractivity contribution in [3.63, 3.8) is 0 Å². The lowest BCUT2D eigenvalue weighted by atomic mass is 10.2. The van der Waals surface area contributed by atoms with Crippen molar-refractivity contribution in [1.82, 2.24) is 5.32 Å². The summed E-state index contributed by atoms with van der Waals surface area (Å²) in [6, 6.07) is 12.9. The van der Waals surface area contributed by atoms with Crippen LogP contribution < -0.4 is 9.62 Å². The molecule has 1 amide bonds. The van der Waals surface area contributed by atoms with Gasteiger partial charge in [0.2, 0.25) is 0 Å². The second kappa shape index (κ2) is 7.51. The number of carbonyl (C=O) groups excluding carboxylic acids is 1. The van der Waals surface area contributed by atoms with Crippen molar-refractivity contribution in [2.45, 2.75) is 23.8 Å². The zero-order valence-corrected chi connectivity index (χ0v) is 15.6. The summed E-state index contributed by atoms with van der Waals surface area (Å²) in [7, 11) is -3.91. The van der Waals surface area contributed by atoms with E-state index in [1.165, 1.54) is 22.5 Å². The summed E-state index contributed by atoms with van der Waals surface area (Å²) in [6.45, 7) is 3.70. The van der Waals surface area contributed by atoms with E-state index in [9.17, 15) is 13.2 Å². The highest BCUT2D eigenvalue weighted by molar-refractivity contribution is 7.92. The summed E-state index contributed by atoms with van der Waals surface area (Å²) >= 11 is 6.19. The zero-order valence-electron chi connectivity index (χ0n) is 14.1. The molecule has 0 aliphatic heterocycles. The lowest BCUT2D eigenvalue weighted by Gasteiger charge is -2.24. The molecule has 0 radical (unpaired) electrons. The highest BCUT2D eigenvalue weighted by Gasteiger charge is 2.27. The molecule has 3 rings (SSSR count). The molecule has 0 saturated heterocycles. The van der Waals surface area contributed by atoms with Gasteiger partial charge in [-0.1, -0.05) is 35.9 Å². The van der Waals surface area contributed by atoms with Crippen LogP contribution in [-0.4, -0.2) is 26.9 Å². The Morgan fingerprint density at radius 2 is 1.96 bits per heavy atom. The van der Waals surface area contributed by atoms with Crippen LogP contribution in [0.2, 0.25) is 5.02 Å². The van der Waals surface area contributed by atoms with Gasteiger partial charge in [-0.25, -0.2) is 8.42 Å². The lowest BCUT2D eigenvalue weighted by molar-refractivity contribution is 0.0951. The SMILES string of the molecule is C=CCN(c1ccccc1Cl)S(=O)(=O)c1cccc(C(=O)NC2CC2)c1. The fraction of sp³-hybridized carbons (Fsp3) is 0.211. The maximum Gasteiger partial charge on any atom is 0.264 e. The van der Waals surface area contributed by atoms with Crippen molar-refractivity contribution in [2.24, 2.45) is 0 Å². The Bertz CT molecular complexity index is 939. The largest absolute Gasteiger partial charge is 0.349 e. The summed E-state index contributed by atoms with van der Waals surface area (Å²) in [5.41, 5.74) is 0.678. The first-order valence-corrected chi connectivity index (χ1v) is 10.0. The first-order chi connectivity index (χ1) is 12.4. The number of benzene rings is 2. The number of hydrogen-bond acceptors (Lipinski definition) is 3. The standard InChI is InChI=1S/C19H19ClN2O3S/c1-2-12-22(18-9-4-3-8-17(18)20)26(24,25)16-7-5-6-14(13-16)19(23)21-15-10-11-15/h2-9,13,15H,1,10-12H2,(H,21,23). The average molecular weight is 391 g/mol. The van der Waals surface area contributed by atoms with Crippen LogP contribution in [0, 0.1) is 0 Å². The van der Waals surface area contributed by atoms with E-state index < -0.39 is 10.0 Å². The number of nitrogens with zero attached hydrogens (tertiary/aromatic N) is 1. The average Bonchev–Trinajstić information content (AvgIpc) is 3.44. The van der Waals surface area contributed by atoms with Crippen LogP contribution >= 0.6 is 11.6 Å². The minimum atomic E-state index is -3.91. The van der Waals surface area contributed by atoms with Gasteiger partial charge in [0.15, 0.2) is 0 Å². The molecule has 2 aromatic carbocycles. The van der Waals surface area contributed by atoms with Crippen molar-refractivity contribution in [3.8, 4) is 0 Å². The summed E-state index contributed by atoms with van der Waals surface area (Å²) in [5.74, 6) is -0.266. The minimum Gasteiger partial charge on any atom is -0.349 e. The fourth-order valence-corrected chi connectivity index (χ4v) is 4.31. The van der Waals surface area contributed by atoms with E-state index in [0.717, 1.165) is 12.8 Å². The first-order valence-electron chi connectivity index (χ1n) is 8.22. The van der Waals surface area contributed by atoms with Gasteiger partial charge in [0.05, 0.1) is 22.2 Å². The number of hydrogen-bond donors (Lipinski definition) is 1. The van der Waals surface area contributed by atoms with Gasteiger partial charge in [0.25, 0.3) is 15.9 Å². The van der Waals surface area contributed by atoms with Gasteiger partial charge in [-0.2, -0.15) is 0 Å². The van der Waals surface area contributed by atoms with Gasteiger partial charge in [0.1, 0.15) is 0 Å². The summed E-state index contributed by atoms with van der Waals surface area (Å²) in [5, 5.41) is 3.18. The van der Waals surface area contributed by atoms with Crippen molar-refractivity contribution < 1.29 is 13.2 Å². The van der Waals surface area contributed by atoms with E-state index in [1.807, 2.05) is 0 Å². The molecular formula is C19H19ClN2O3S. The minimum absolute atomic E-state index is 0.0303. The number of amides is 1. The van der Waals surface area contributed by atoms with E-state index in [-0.39, 0.29) is 23.4 Å². The van der Waals surface area contributed by atoms with E-state index >= 15 is 0 Å². The lowest BCUT2D eigenvalue weighted by Crippen LogP contribution is -2.32. The number of halogens is 1. The monoisotopic (exact) mass is 390 g/mol. The van der Waals surface area contributed by atoms with Crippen molar-refractivity contribution in [3.05, 3.63) is 71.8 Å². The quantitative estimate of drug-likeness (QED) is 0.734. The molecule has 26 heavy (non-hydrogen) atoms. The molecule has 0 aromatic heterocycles. The molecule has 0 spiro atoms. The molecule has 136 valence electrons. The summed E-state index contributed by atoms with van der Waals surface area (Å²) < 4.78 is 27.5. The van der Waals surface area contributed by atoms with E-state index in [4.69, 9.17) is 11.6 Å². The molecule has 0 unspecified atom stereocenters. The number of anilines is 1. The number of carbonyl (C=O) groups is 1. The van der Waals surface area contributed by atoms with Gasteiger partial charge in [-0.05, 0) is 43.2 Å². The van der Waals surface area contributed by atoms with E-state index in [1.54, 1.807) is 36.4 Å². The Morgan fingerprint density at radius 1 is 1.23 bits per heavy atom. The molecule has 1 aliphatic carbocycles. The molecule has 2 aromatic rings. The van der Waals surface area contributed by atoms with Gasteiger partial charge in [0, 0.05) is 11.6 Å². The third-order valence-corrected chi connectivity index (χ3v) is 6.11. The Kier molecular flexibility index (Phi) is 5.34. The summed E-state index contributed by atoms with van der Waals surface area (Å²) in [4.78, 5) is 12.3. The van der Waals surface area contributed by atoms with Crippen molar-refractivity contribution in [2.75, 3.05) is 10.8 Å². The summed E-state index contributed by atoms with van der Waals surface area (Å²) in [6.07, 6.45) is 3.41. The Hall–Kier alpha value is -2.31. The Balaban J connectivity index is 1.98. The number of sulfonamides is 1. The van der Waals surface area contributed by atoms with Crippen LogP contribution in [0.5, 0.6) is 0 Å². The van der Waals surface area contributed by atoms with Crippen LogP contribution in [0.25, 0.3) is 0 Å². The van der Waals surface area contributed by atoms with Gasteiger partial charge in [-0.3, -0.25) is 9.10 Å². The molecule has 1 fully saturated rings. The first kappa shape index (κ1) is 18.5. The predicted molar refractivity (Wildman–Crippen MR) is 103 cm³/mol. The molecule has 0 atom stereocenters. The third-order valence-electron chi connectivity index (χ3n) is 4.01. The number of rotatable bonds is 7. The smallest absolute Gasteiger partial charge is 0.264 e. The highest BCUT2D eigenvalue weighted by Crippen LogP contribution is 2.30. The van der Waals surface area contributed by atoms with Gasteiger partial charge in [-0.15, -0.1) is 6.58 Å². The normalized spacial score (nSPS) is 13.9. The second-order valence-corrected chi connectivity index (χ2v) is 8.32. The zero-order chi connectivity index (χ0) is 18.7. The van der Waals surface area contributed by atoms with E-state index in [0.29, 0.717) is 16.3 Å². The van der Waals surface area contributed by atoms with Crippen LogP contribution in [0.4, 0.5) is 5.69 Å². The number of para-hydroxylation sites is 1. The molecule has 1 aliphatic rings. The van der Waals surface area contributed by atoms with Crippen LogP contribution in [0.3, 0.4) is 0 Å². The fourth-order valence-electron chi connectivity index (χ4n) is 2.52. The molecular weight excluding hydrogens is 372 g/mol. The van der Waals surface area contributed by atoms with Crippen LogP contribution in [0.15, 0.2) is 66.1 Å². The third kappa shape index (κ3) is 3.92. The predicted octanol–water partition coefficient (Wildman–Crippen LogP) is 3.61. The van der Waals surface area contributed by atoms with Crippen LogP contribution in [-0.2, 0) is 10.0 Å². The van der Waals surface area contributed by atoms with Crippen molar-refractivity contribution in [1.29, 1.82) is 0 Å². The van der Waals surface area contributed by atoms with Gasteiger partial charge >= 0.3 is 0 Å². The maximum atomic E-state index is 13.2. The molecule has 0 heterocycles. The topological polar surface area (TPSA) is 66.5 Å². The Labute approximate surface area is 158 Å². The number of nitrogens with one attached hydrogen (secondary N) is 1. The molecule has 1 saturated carbocycles. The van der Waals surface area contributed by atoms with E-state index in [2.05, 4.69) is 11.9 Å². The van der Waals surface area contributed by atoms with Crippen molar-refractivity contribution >= 4 is 33.2 Å². The second-order valence-electron chi connectivity index (χ2n) is 6.05.